The van der Waals surface area contributed by atoms with Crippen molar-refractivity contribution in [3.05, 3.63) is 37.0 Å². The van der Waals surface area contributed by atoms with Crippen molar-refractivity contribution in [3.8, 4) is 0 Å². The molecule has 0 saturated carbocycles. The van der Waals surface area contributed by atoms with Gasteiger partial charge < -0.3 is 0 Å². The van der Waals surface area contributed by atoms with Crippen LogP contribution in [0.25, 0.3) is 0 Å². The molecular formula is C11H18. The summed E-state index contributed by atoms with van der Waals surface area (Å²) >= 11 is 0. The van der Waals surface area contributed by atoms with Crippen molar-refractivity contribution in [2.45, 2.75) is 26.7 Å². The molecule has 0 bridgehead atoms. The third-order valence-electron chi connectivity index (χ3n) is 1.50. The fraction of sp³-hybridized carbons (Fsp3) is 0.455. The molecular weight excluding hydrogens is 132 g/mol. The Morgan fingerprint density at radius 1 is 1.36 bits per heavy atom. The summed E-state index contributed by atoms with van der Waals surface area (Å²) in [7, 11) is 0. The first-order valence-electron chi connectivity index (χ1n) is 4.20. The van der Waals surface area contributed by atoms with E-state index in [1.54, 1.807) is 0 Å². The Bertz CT molecular complexity index is 140. The summed E-state index contributed by atoms with van der Waals surface area (Å²) < 4.78 is 0. The van der Waals surface area contributed by atoms with Gasteiger partial charge in [-0.2, -0.15) is 0 Å². The fourth-order valence-corrected chi connectivity index (χ4v) is 0.910. The number of rotatable bonds is 5. The van der Waals surface area contributed by atoms with Crippen LogP contribution >= 0.6 is 0 Å². The zero-order valence-corrected chi connectivity index (χ0v) is 7.59. The van der Waals surface area contributed by atoms with Crippen molar-refractivity contribution in [2.75, 3.05) is 0 Å². The monoisotopic (exact) mass is 150 g/mol. The second kappa shape index (κ2) is 7.33. The summed E-state index contributed by atoms with van der Waals surface area (Å²) in [6, 6.07) is 0. The Morgan fingerprint density at radius 2 is 2.09 bits per heavy atom. The van der Waals surface area contributed by atoms with Crippen LogP contribution in [0.5, 0.6) is 0 Å². The molecule has 0 heterocycles. The Balaban J connectivity index is 3.43. The molecule has 11 heavy (non-hydrogen) atoms. The highest BCUT2D eigenvalue weighted by atomic mass is 14.0. The summed E-state index contributed by atoms with van der Waals surface area (Å²) in [4.78, 5) is 0. The minimum atomic E-state index is 0.668. The van der Waals surface area contributed by atoms with Gasteiger partial charge in [-0.1, -0.05) is 37.3 Å². The predicted octanol–water partition coefficient (Wildman–Crippen LogP) is 3.72. The predicted molar refractivity (Wildman–Crippen MR) is 52.5 cm³/mol. The Kier molecular flexibility index (Phi) is 6.81. The highest BCUT2D eigenvalue weighted by Gasteiger charge is 1.89. The van der Waals surface area contributed by atoms with E-state index in [-0.39, 0.29) is 0 Å². The Morgan fingerprint density at radius 3 is 2.64 bits per heavy atom. The van der Waals surface area contributed by atoms with Gasteiger partial charge in [-0.15, -0.1) is 6.58 Å². The summed E-state index contributed by atoms with van der Waals surface area (Å²) in [6.07, 6.45) is 12.7. The van der Waals surface area contributed by atoms with Crippen molar-refractivity contribution in [1.29, 1.82) is 0 Å². The molecule has 0 aliphatic heterocycles. The van der Waals surface area contributed by atoms with Crippen LogP contribution in [0.15, 0.2) is 37.0 Å². The van der Waals surface area contributed by atoms with E-state index in [0.29, 0.717) is 5.92 Å². The van der Waals surface area contributed by atoms with Gasteiger partial charge in [-0.3, -0.25) is 0 Å². The number of hydrogen-bond acceptors (Lipinski definition) is 0. The van der Waals surface area contributed by atoms with E-state index in [0.717, 1.165) is 12.8 Å². The first-order valence-corrected chi connectivity index (χ1v) is 4.20. The van der Waals surface area contributed by atoms with Crippen molar-refractivity contribution in [1.82, 2.24) is 0 Å². The molecule has 0 aromatic carbocycles. The van der Waals surface area contributed by atoms with Gasteiger partial charge in [0.05, 0.1) is 0 Å². The molecule has 0 aliphatic rings. The SMILES string of the molecule is C=CC/C=C/CC(C)/C=C/C. The lowest BCUT2D eigenvalue weighted by Gasteiger charge is -1.98. The highest BCUT2D eigenvalue weighted by molar-refractivity contribution is 4.93. The smallest absolute Gasteiger partial charge is 0.0172 e. The van der Waals surface area contributed by atoms with Gasteiger partial charge in [0.2, 0.25) is 0 Å². The van der Waals surface area contributed by atoms with E-state index in [9.17, 15) is 0 Å². The van der Waals surface area contributed by atoms with Gasteiger partial charge in [-0.25, -0.2) is 0 Å². The molecule has 0 aliphatic carbocycles. The molecule has 0 saturated heterocycles. The second-order valence-electron chi connectivity index (χ2n) is 2.73. The fourth-order valence-electron chi connectivity index (χ4n) is 0.910. The topological polar surface area (TPSA) is 0 Å². The highest BCUT2D eigenvalue weighted by Crippen LogP contribution is 2.04. The molecule has 1 unspecified atom stereocenters. The van der Waals surface area contributed by atoms with Crippen LogP contribution in [0.1, 0.15) is 26.7 Å². The summed E-state index contributed by atoms with van der Waals surface area (Å²) in [6.45, 7) is 7.93. The van der Waals surface area contributed by atoms with Crippen LogP contribution in [0.4, 0.5) is 0 Å². The molecule has 0 amide bonds. The average Bonchev–Trinajstić information content (AvgIpc) is 1.99. The lowest BCUT2D eigenvalue weighted by Crippen LogP contribution is -1.84. The zero-order chi connectivity index (χ0) is 8.53. The van der Waals surface area contributed by atoms with Gasteiger partial charge in [0, 0.05) is 0 Å². The molecule has 0 fully saturated rings. The van der Waals surface area contributed by atoms with Crippen molar-refractivity contribution < 1.29 is 0 Å². The second-order valence-corrected chi connectivity index (χ2v) is 2.73. The first kappa shape index (κ1) is 10.2. The van der Waals surface area contributed by atoms with Crippen molar-refractivity contribution >= 4 is 0 Å². The molecule has 62 valence electrons. The van der Waals surface area contributed by atoms with Crippen LogP contribution in [-0.4, -0.2) is 0 Å². The molecule has 0 radical (unpaired) electrons. The molecule has 0 heteroatoms. The van der Waals surface area contributed by atoms with Crippen molar-refractivity contribution in [2.24, 2.45) is 5.92 Å². The largest absolute Gasteiger partial charge is 0.103 e. The third kappa shape index (κ3) is 7.11. The van der Waals surface area contributed by atoms with Gasteiger partial charge in [-0.05, 0) is 25.7 Å². The summed E-state index contributed by atoms with van der Waals surface area (Å²) in [5, 5.41) is 0. The lowest BCUT2D eigenvalue weighted by molar-refractivity contribution is 0.742. The zero-order valence-electron chi connectivity index (χ0n) is 7.59. The molecule has 0 spiro atoms. The standard InChI is InChI=1S/C11H18/c1-4-6-7-8-10-11(3)9-5-2/h4-5,7-9,11H,1,6,10H2,2-3H3/b8-7+,9-5+. The van der Waals surface area contributed by atoms with Crippen LogP contribution in [0, 0.1) is 5.92 Å². The Labute approximate surface area is 70.3 Å². The minimum Gasteiger partial charge on any atom is -0.103 e. The van der Waals surface area contributed by atoms with E-state index >= 15 is 0 Å². The van der Waals surface area contributed by atoms with Gasteiger partial charge in [0.15, 0.2) is 0 Å². The normalized spacial score (nSPS) is 14.4. The number of hydrogen-bond donors (Lipinski definition) is 0. The van der Waals surface area contributed by atoms with Crippen LogP contribution in [-0.2, 0) is 0 Å². The van der Waals surface area contributed by atoms with E-state index in [1.165, 1.54) is 0 Å². The number of allylic oxidation sites excluding steroid dienone is 5. The maximum absolute atomic E-state index is 3.65. The van der Waals surface area contributed by atoms with E-state index in [1.807, 2.05) is 6.08 Å². The first-order chi connectivity index (χ1) is 5.31. The maximum atomic E-state index is 3.65. The summed E-state index contributed by atoms with van der Waals surface area (Å²) in [5.74, 6) is 0.668. The van der Waals surface area contributed by atoms with Crippen LogP contribution in [0.2, 0.25) is 0 Å². The van der Waals surface area contributed by atoms with E-state index < -0.39 is 0 Å². The molecule has 0 N–H and O–H groups in total. The quantitative estimate of drug-likeness (QED) is 0.524. The molecule has 0 aromatic heterocycles. The molecule has 0 rings (SSSR count). The summed E-state index contributed by atoms with van der Waals surface area (Å²) in [5.41, 5.74) is 0. The molecule has 1 atom stereocenters. The average molecular weight is 150 g/mol. The van der Waals surface area contributed by atoms with E-state index in [4.69, 9.17) is 0 Å². The van der Waals surface area contributed by atoms with Crippen LogP contribution < -0.4 is 0 Å². The molecule has 0 nitrogen and oxygen atoms in total. The van der Waals surface area contributed by atoms with Gasteiger partial charge in [0.1, 0.15) is 0 Å². The van der Waals surface area contributed by atoms with E-state index in [2.05, 4.69) is 44.7 Å². The Hall–Kier alpha value is -0.780. The van der Waals surface area contributed by atoms with Crippen LogP contribution in [0.3, 0.4) is 0 Å². The minimum absolute atomic E-state index is 0.668. The van der Waals surface area contributed by atoms with Gasteiger partial charge in [0.25, 0.3) is 0 Å². The lowest BCUT2D eigenvalue weighted by atomic mass is 10.1. The maximum Gasteiger partial charge on any atom is -0.0172 e. The van der Waals surface area contributed by atoms with Crippen molar-refractivity contribution in [3.63, 3.8) is 0 Å². The third-order valence-corrected chi connectivity index (χ3v) is 1.50. The van der Waals surface area contributed by atoms with Gasteiger partial charge >= 0.3 is 0 Å². The molecule has 0 aromatic rings.